The zero-order chi connectivity index (χ0) is 12.3. The molecule has 0 atom stereocenters. The summed E-state index contributed by atoms with van der Waals surface area (Å²) in [4.78, 5) is 23.0. The van der Waals surface area contributed by atoms with Gasteiger partial charge in [-0.15, -0.1) is 0 Å². The Morgan fingerprint density at radius 1 is 1.12 bits per heavy atom. The molecule has 0 bridgehead atoms. The van der Waals surface area contributed by atoms with E-state index in [-0.39, 0.29) is 17.8 Å². The minimum absolute atomic E-state index is 0.0479. The van der Waals surface area contributed by atoms with E-state index in [0.717, 1.165) is 11.1 Å². The van der Waals surface area contributed by atoms with Gasteiger partial charge >= 0.3 is 0 Å². The van der Waals surface area contributed by atoms with Crippen LogP contribution in [-0.2, 0) is 6.54 Å². The van der Waals surface area contributed by atoms with Gasteiger partial charge in [0.1, 0.15) is 0 Å². The molecule has 0 unspecified atom stereocenters. The molecule has 0 radical (unpaired) electrons. The monoisotopic (exact) mass is 227 g/mol. The molecule has 0 aliphatic rings. The van der Waals surface area contributed by atoms with Crippen LogP contribution in [0.2, 0.25) is 0 Å². The Labute approximate surface area is 99.3 Å². The van der Waals surface area contributed by atoms with Crippen molar-refractivity contribution in [2.24, 2.45) is 0 Å². The highest BCUT2D eigenvalue weighted by Gasteiger charge is 2.07. The first-order valence-corrected chi connectivity index (χ1v) is 5.42. The first-order valence-electron chi connectivity index (χ1n) is 5.42. The summed E-state index contributed by atoms with van der Waals surface area (Å²) in [5, 5.41) is 0. The third-order valence-corrected chi connectivity index (χ3v) is 2.63. The first kappa shape index (κ1) is 11.3. The number of hydrogen-bond donors (Lipinski definition) is 0. The second-order valence-electron chi connectivity index (χ2n) is 3.94. The third-order valence-electron chi connectivity index (χ3n) is 2.63. The largest absolute Gasteiger partial charge is 0.346 e. The van der Waals surface area contributed by atoms with Gasteiger partial charge in [0.2, 0.25) is 0 Å². The number of pyridine rings is 1. The number of carbonyl (C=O) groups excluding carboxylic acids is 1. The number of benzene rings is 1. The van der Waals surface area contributed by atoms with Crippen LogP contribution in [0.1, 0.15) is 15.9 Å². The van der Waals surface area contributed by atoms with Crippen molar-refractivity contribution < 1.29 is 4.79 Å². The summed E-state index contributed by atoms with van der Waals surface area (Å²) in [7, 11) is 0. The van der Waals surface area contributed by atoms with Gasteiger partial charge in [0.15, 0.2) is 11.2 Å². The summed E-state index contributed by atoms with van der Waals surface area (Å²) >= 11 is 0. The average molecular weight is 227 g/mol. The summed E-state index contributed by atoms with van der Waals surface area (Å²) in [6.45, 7) is 2.17. The Morgan fingerprint density at radius 3 is 2.41 bits per heavy atom. The smallest absolute Gasteiger partial charge is 0.182 e. The topological polar surface area (TPSA) is 39.1 Å². The van der Waals surface area contributed by atoms with Crippen molar-refractivity contribution in [1.82, 2.24) is 4.57 Å². The van der Waals surface area contributed by atoms with E-state index in [1.807, 2.05) is 31.2 Å². The minimum atomic E-state index is -0.0513. The number of ketones is 1. The molecule has 0 aliphatic carbocycles. The highest BCUT2D eigenvalue weighted by molar-refractivity contribution is 5.97. The number of aromatic nitrogens is 1. The van der Waals surface area contributed by atoms with E-state index in [4.69, 9.17) is 0 Å². The summed E-state index contributed by atoms with van der Waals surface area (Å²) in [5.41, 5.74) is 1.65. The fourth-order valence-electron chi connectivity index (χ4n) is 1.69. The van der Waals surface area contributed by atoms with Crippen LogP contribution in [0.4, 0.5) is 0 Å². The normalized spacial score (nSPS) is 10.2. The molecule has 0 N–H and O–H groups in total. The van der Waals surface area contributed by atoms with Gasteiger partial charge in [-0.1, -0.05) is 24.3 Å². The van der Waals surface area contributed by atoms with E-state index in [2.05, 4.69) is 0 Å². The Morgan fingerprint density at radius 2 is 1.76 bits per heavy atom. The average Bonchev–Trinajstić information content (AvgIpc) is 2.32. The molecule has 1 aromatic heterocycles. The van der Waals surface area contributed by atoms with Crippen molar-refractivity contribution in [2.45, 2.75) is 13.5 Å². The van der Waals surface area contributed by atoms with E-state index < -0.39 is 0 Å². The third kappa shape index (κ3) is 2.69. The number of carbonyl (C=O) groups is 1. The molecule has 0 saturated carbocycles. The fraction of sp³-hybridized carbons (Fsp3) is 0.143. The van der Waals surface area contributed by atoms with Crippen LogP contribution >= 0.6 is 0 Å². The van der Waals surface area contributed by atoms with Gasteiger partial charge in [0.25, 0.3) is 0 Å². The lowest BCUT2D eigenvalue weighted by Crippen LogP contribution is -2.13. The van der Waals surface area contributed by atoms with Gasteiger partial charge < -0.3 is 4.57 Å². The predicted molar refractivity (Wildman–Crippen MR) is 66.2 cm³/mol. The van der Waals surface area contributed by atoms with Crippen molar-refractivity contribution in [3.05, 3.63) is 70.1 Å². The lowest BCUT2D eigenvalue weighted by Gasteiger charge is -2.07. The van der Waals surface area contributed by atoms with Gasteiger partial charge in [-0.2, -0.15) is 0 Å². The van der Waals surface area contributed by atoms with Crippen LogP contribution in [0.25, 0.3) is 0 Å². The number of hydrogen-bond acceptors (Lipinski definition) is 2. The maximum absolute atomic E-state index is 12.0. The van der Waals surface area contributed by atoms with Gasteiger partial charge in [-0.3, -0.25) is 9.59 Å². The molecule has 0 spiro atoms. The quantitative estimate of drug-likeness (QED) is 0.753. The molecule has 86 valence electrons. The number of aryl methyl sites for hydroxylation is 1. The lowest BCUT2D eigenvalue weighted by atomic mass is 10.1. The minimum Gasteiger partial charge on any atom is -0.346 e. The number of Topliss-reactive ketones (excluding diaryl/α,β-unsaturated/α-hetero) is 1. The molecule has 0 saturated heterocycles. The van der Waals surface area contributed by atoms with Crippen LogP contribution in [0, 0.1) is 6.92 Å². The number of nitrogens with zero attached hydrogens (tertiary/aromatic N) is 1. The molecule has 1 heterocycles. The van der Waals surface area contributed by atoms with Gasteiger partial charge in [0.05, 0.1) is 6.54 Å². The first-order chi connectivity index (χ1) is 8.16. The molecule has 0 amide bonds. The SMILES string of the molecule is Cc1ccccc1C(=O)Cn1ccc(=O)cc1. The Balaban J connectivity index is 2.20. The van der Waals surface area contributed by atoms with E-state index in [1.165, 1.54) is 12.1 Å². The van der Waals surface area contributed by atoms with Crippen molar-refractivity contribution in [3.63, 3.8) is 0 Å². The maximum Gasteiger partial charge on any atom is 0.182 e. The molecular formula is C14H13NO2. The van der Waals surface area contributed by atoms with E-state index in [1.54, 1.807) is 17.0 Å². The van der Waals surface area contributed by atoms with Crippen molar-refractivity contribution in [2.75, 3.05) is 0 Å². The standard InChI is InChI=1S/C14H13NO2/c1-11-4-2-3-5-13(11)14(17)10-15-8-6-12(16)7-9-15/h2-9H,10H2,1H3. The van der Waals surface area contributed by atoms with E-state index >= 15 is 0 Å². The highest BCUT2D eigenvalue weighted by atomic mass is 16.1. The molecule has 2 aromatic rings. The van der Waals surface area contributed by atoms with Crippen molar-refractivity contribution >= 4 is 5.78 Å². The Bertz CT molecular complexity index is 579. The van der Waals surface area contributed by atoms with Crippen LogP contribution in [0.15, 0.2) is 53.6 Å². The molecule has 0 fully saturated rings. The number of rotatable bonds is 3. The van der Waals surface area contributed by atoms with Crippen molar-refractivity contribution in [3.8, 4) is 0 Å². The van der Waals surface area contributed by atoms with Gasteiger partial charge in [-0.05, 0) is 12.5 Å². The zero-order valence-corrected chi connectivity index (χ0v) is 9.59. The van der Waals surface area contributed by atoms with Crippen LogP contribution in [-0.4, -0.2) is 10.4 Å². The molecule has 3 heteroatoms. The highest BCUT2D eigenvalue weighted by Crippen LogP contribution is 2.08. The van der Waals surface area contributed by atoms with Gasteiger partial charge in [0, 0.05) is 30.1 Å². The summed E-state index contributed by atoms with van der Waals surface area (Å²) in [5.74, 6) is 0.0479. The molecule has 3 nitrogen and oxygen atoms in total. The van der Waals surface area contributed by atoms with E-state index in [0.29, 0.717) is 0 Å². The van der Waals surface area contributed by atoms with Crippen molar-refractivity contribution in [1.29, 1.82) is 0 Å². The maximum atomic E-state index is 12.0. The lowest BCUT2D eigenvalue weighted by molar-refractivity contribution is 0.0971. The fourth-order valence-corrected chi connectivity index (χ4v) is 1.69. The second kappa shape index (κ2) is 4.78. The van der Waals surface area contributed by atoms with Crippen LogP contribution in [0.3, 0.4) is 0 Å². The molecule has 17 heavy (non-hydrogen) atoms. The summed E-state index contributed by atoms with van der Waals surface area (Å²) < 4.78 is 1.70. The molecule has 1 aromatic carbocycles. The van der Waals surface area contributed by atoms with Crippen LogP contribution < -0.4 is 5.43 Å². The molecule has 0 aliphatic heterocycles. The predicted octanol–water partition coefficient (Wildman–Crippen LogP) is 2.04. The van der Waals surface area contributed by atoms with Gasteiger partial charge in [-0.25, -0.2) is 0 Å². The molecular weight excluding hydrogens is 214 g/mol. The Hall–Kier alpha value is -2.16. The zero-order valence-electron chi connectivity index (χ0n) is 9.59. The summed E-state index contributed by atoms with van der Waals surface area (Å²) in [6.07, 6.45) is 3.25. The van der Waals surface area contributed by atoms with E-state index in [9.17, 15) is 9.59 Å². The second-order valence-corrected chi connectivity index (χ2v) is 3.94. The molecule has 2 rings (SSSR count). The summed E-state index contributed by atoms with van der Waals surface area (Å²) in [6, 6.07) is 10.4. The van der Waals surface area contributed by atoms with Crippen LogP contribution in [0.5, 0.6) is 0 Å². The Kier molecular flexibility index (Phi) is 3.19.